The molecule has 0 bridgehead atoms. The van der Waals surface area contributed by atoms with Gasteiger partial charge >= 0.3 is 5.97 Å². The molecule has 0 spiro atoms. The molecule has 6 heteroatoms. The van der Waals surface area contributed by atoms with E-state index in [0.29, 0.717) is 11.5 Å². The Balaban J connectivity index is 2.36. The number of pyridine rings is 1. The van der Waals surface area contributed by atoms with E-state index >= 15 is 0 Å². The molecule has 104 valence electrons. The molecule has 0 saturated heterocycles. The van der Waals surface area contributed by atoms with Crippen LogP contribution < -0.4 is 5.43 Å². The third-order valence-electron chi connectivity index (χ3n) is 3.48. The fourth-order valence-corrected chi connectivity index (χ4v) is 2.21. The fourth-order valence-electron chi connectivity index (χ4n) is 2.21. The van der Waals surface area contributed by atoms with E-state index in [2.05, 4.69) is 9.97 Å². The lowest BCUT2D eigenvalue weighted by Crippen LogP contribution is -2.20. The zero-order valence-electron chi connectivity index (χ0n) is 11.3. The molecule has 2 heterocycles. The second-order valence-electron chi connectivity index (χ2n) is 5.44. The van der Waals surface area contributed by atoms with Crippen molar-refractivity contribution in [1.82, 2.24) is 14.5 Å². The first kappa shape index (κ1) is 12.8. The van der Waals surface area contributed by atoms with Gasteiger partial charge in [0.25, 0.3) is 0 Å². The Morgan fingerprint density at radius 1 is 1.45 bits per heavy atom. The summed E-state index contributed by atoms with van der Waals surface area (Å²) >= 11 is 0. The number of aromatic carboxylic acids is 1. The molecule has 3 rings (SSSR count). The third-order valence-corrected chi connectivity index (χ3v) is 3.48. The monoisotopic (exact) mass is 273 g/mol. The van der Waals surface area contributed by atoms with Gasteiger partial charge in [-0.25, -0.2) is 14.8 Å². The Morgan fingerprint density at radius 3 is 2.70 bits per heavy atom. The van der Waals surface area contributed by atoms with Crippen LogP contribution in [0.3, 0.4) is 0 Å². The predicted molar refractivity (Wildman–Crippen MR) is 73.1 cm³/mol. The van der Waals surface area contributed by atoms with Crippen molar-refractivity contribution in [2.24, 2.45) is 0 Å². The number of nitrogens with zero attached hydrogens (tertiary/aromatic N) is 3. The SMILES string of the molecule is CC(C)c1ncc2c(=O)c(C(=O)O)cn(C3CC3)c2n1. The topological polar surface area (TPSA) is 85.1 Å². The second-order valence-corrected chi connectivity index (χ2v) is 5.44. The highest BCUT2D eigenvalue weighted by Crippen LogP contribution is 2.36. The smallest absolute Gasteiger partial charge is 0.341 e. The largest absolute Gasteiger partial charge is 0.477 e. The average molecular weight is 273 g/mol. The van der Waals surface area contributed by atoms with Gasteiger partial charge in [-0.2, -0.15) is 0 Å². The number of carbonyl (C=O) groups is 1. The molecule has 1 N–H and O–H groups in total. The molecule has 2 aromatic heterocycles. The van der Waals surface area contributed by atoms with E-state index in [0.717, 1.165) is 12.8 Å². The van der Waals surface area contributed by atoms with Gasteiger partial charge in [0.15, 0.2) is 0 Å². The Labute approximate surface area is 115 Å². The van der Waals surface area contributed by atoms with Crippen molar-refractivity contribution in [2.45, 2.75) is 38.6 Å². The maximum Gasteiger partial charge on any atom is 0.341 e. The number of carboxylic acids is 1. The zero-order valence-corrected chi connectivity index (χ0v) is 11.3. The van der Waals surface area contributed by atoms with Crippen LogP contribution in [0.2, 0.25) is 0 Å². The Hall–Kier alpha value is -2.24. The van der Waals surface area contributed by atoms with Gasteiger partial charge in [0.2, 0.25) is 5.43 Å². The summed E-state index contributed by atoms with van der Waals surface area (Å²) in [5.74, 6) is -0.394. The molecule has 1 aliphatic carbocycles. The van der Waals surface area contributed by atoms with Gasteiger partial charge in [0.05, 0.1) is 5.39 Å². The number of hydrogen-bond donors (Lipinski definition) is 1. The highest BCUT2D eigenvalue weighted by Gasteiger charge is 2.27. The molecule has 1 saturated carbocycles. The summed E-state index contributed by atoms with van der Waals surface area (Å²) in [7, 11) is 0. The number of fused-ring (bicyclic) bond motifs is 1. The van der Waals surface area contributed by atoms with Crippen molar-refractivity contribution in [3.05, 3.63) is 34.0 Å². The molecule has 0 aliphatic heterocycles. The summed E-state index contributed by atoms with van der Waals surface area (Å²) in [5.41, 5.74) is -0.189. The maximum atomic E-state index is 12.2. The van der Waals surface area contributed by atoms with Crippen LogP contribution in [0.15, 0.2) is 17.2 Å². The van der Waals surface area contributed by atoms with Crippen LogP contribution in [0.5, 0.6) is 0 Å². The van der Waals surface area contributed by atoms with Crippen LogP contribution in [-0.2, 0) is 0 Å². The van der Waals surface area contributed by atoms with Gasteiger partial charge in [0, 0.05) is 24.4 Å². The number of rotatable bonds is 3. The van der Waals surface area contributed by atoms with Crippen LogP contribution in [0.25, 0.3) is 11.0 Å². The maximum absolute atomic E-state index is 12.2. The summed E-state index contributed by atoms with van der Waals surface area (Å²) in [4.78, 5) is 32.0. The Kier molecular flexibility index (Phi) is 2.81. The standard InChI is InChI=1S/C14H15N3O3/c1-7(2)12-15-5-9-11(18)10(14(19)20)6-17(8-3-4-8)13(9)16-12/h5-8H,3-4H2,1-2H3,(H,19,20). The lowest BCUT2D eigenvalue weighted by Gasteiger charge is -2.12. The highest BCUT2D eigenvalue weighted by atomic mass is 16.4. The van der Waals surface area contributed by atoms with Crippen molar-refractivity contribution < 1.29 is 9.90 Å². The zero-order chi connectivity index (χ0) is 14.4. The molecule has 0 unspecified atom stereocenters. The van der Waals surface area contributed by atoms with Gasteiger partial charge in [-0.05, 0) is 12.8 Å². The first-order chi connectivity index (χ1) is 9.49. The molecular formula is C14H15N3O3. The first-order valence-corrected chi connectivity index (χ1v) is 6.64. The van der Waals surface area contributed by atoms with Crippen molar-refractivity contribution in [2.75, 3.05) is 0 Å². The van der Waals surface area contributed by atoms with Gasteiger partial charge in [-0.15, -0.1) is 0 Å². The Bertz CT molecular complexity index is 760. The van der Waals surface area contributed by atoms with Crippen LogP contribution in [0.4, 0.5) is 0 Å². The summed E-state index contributed by atoms with van der Waals surface area (Å²) in [6, 6.07) is 0.242. The van der Waals surface area contributed by atoms with Gasteiger partial charge < -0.3 is 9.67 Å². The number of aromatic nitrogens is 3. The van der Waals surface area contributed by atoms with E-state index in [9.17, 15) is 9.59 Å². The molecule has 1 fully saturated rings. The van der Waals surface area contributed by atoms with E-state index in [4.69, 9.17) is 5.11 Å². The van der Waals surface area contributed by atoms with Gasteiger partial charge in [-0.3, -0.25) is 4.79 Å². The number of carboxylic acid groups (broad SMARTS) is 1. The molecule has 0 aromatic carbocycles. The molecule has 6 nitrogen and oxygen atoms in total. The minimum atomic E-state index is -1.21. The molecule has 0 atom stereocenters. The highest BCUT2D eigenvalue weighted by molar-refractivity contribution is 5.91. The summed E-state index contributed by atoms with van der Waals surface area (Å²) in [5, 5.41) is 9.42. The fraction of sp³-hybridized carbons (Fsp3) is 0.429. The lowest BCUT2D eigenvalue weighted by molar-refractivity contribution is 0.0695. The second kappa shape index (κ2) is 4.40. The lowest BCUT2D eigenvalue weighted by atomic mass is 10.2. The van der Waals surface area contributed by atoms with Crippen molar-refractivity contribution >= 4 is 17.0 Å². The molecular weight excluding hydrogens is 258 g/mol. The van der Waals surface area contributed by atoms with E-state index < -0.39 is 11.4 Å². The summed E-state index contributed by atoms with van der Waals surface area (Å²) in [6.45, 7) is 3.96. The minimum Gasteiger partial charge on any atom is -0.477 e. The minimum absolute atomic E-state index is 0.154. The van der Waals surface area contributed by atoms with Crippen molar-refractivity contribution in [1.29, 1.82) is 0 Å². The van der Waals surface area contributed by atoms with Crippen LogP contribution >= 0.6 is 0 Å². The molecule has 0 amide bonds. The van der Waals surface area contributed by atoms with E-state index in [1.54, 1.807) is 0 Å². The van der Waals surface area contributed by atoms with E-state index in [1.807, 2.05) is 18.4 Å². The van der Waals surface area contributed by atoms with Crippen LogP contribution in [-0.4, -0.2) is 25.6 Å². The predicted octanol–water partition coefficient (Wildman–Crippen LogP) is 1.95. The molecule has 2 aromatic rings. The van der Waals surface area contributed by atoms with E-state index in [1.165, 1.54) is 12.4 Å². The van der Waals surface area contributed by atoms with E-state index in [-0.39, 0.29) is 22.9 Å². The first-order valence-electron chi connectivity index (χ1n) is 6.64. The third kappa shape index (κ3) is 1.97. The normalized spacial score (nSPS) is 14.9. The van der Waals surface area contributed by atoms with Crippen LogP contribution in [0.1, 0.15) is 54.8 Å². The average Bonchev–Trinajstić information content (AvgIpc) is 3.22. The van der Waals surface area contributed by atoms with Crippen molar-refractivity contribution in [3.63, 3.8) is 0 Å². The molecule has 0 radical (unpaired) electrons. The van der Waals surface area contributed by atoms with Gasteiger partial charge in [0.1, 0.15) is 17.0 Å². The van der Waals surface area contributed by atoms with Crippen molar-refractivity contribution in [3.8, 4) is 0 Å². The molecule has 20 heavy (non-hydrogen) atoms. The number of hydrogen-bond acceptors (Lipinski definition) is 4. The quantitative estimate of drug-likeness (QED) is 0.923. The molecule has 1 aliphatic rings. The van der Waals surface area contributed by atoms with Crippen LogP contribution in [0, 0.1) is 0 Å². The Morgan fingerprint density at radius 2 is 2.15 bits per heavy atom. The van der Waals surface area contributed by atoms with Gasteiger partial charge in [-0.1, -0.05) is 13.8 Å². The summed E-state index contributed by atoms with van der Waals surface area (Å²) < 4.78 is 1.81. The summed E-state index contributed by atoms with van der Waals surface area (Å²) in [6.07, 6.45) is 4.84.